The van der Waals surface area contributed by atoms with Gasteiger partial charge in [-0.05, 0) is 54.8 Å². The van der Waals surface area contributed by atoms with Gasteiger partial charge in [0.2, 0.25) is 0 Å². The molecule has 0 atom stereocenters. The summed E-state index contributed by atoms with van der Waals surface area (Å²) in [6.07, 6.45) is 1.70. The Hall–Kier alpha value is -3.92. The van der Waals surface area contributed by atoms with Crippen molar-refractivity contribution >= 4 is 23.0 Å². The van der Waals surface area contributed by atoms with E-state index in [9.17, 15) is 15.3 Å². The molecule has 28 heavy (non-hydrogen) atoms. The summed E-state index contributed by atoms with van der Waals surface area (Å²) >= 11 is 1.11. The molecule has 5 nitrogen and oxygen atoms in total. The largest absolute Gasteiger partial charge is 0.273 e. The lowest BCUT2D eigenvalue weighted by atomic mass is 10.1. The molecule has 0 aliphatic rings. The highest BCUT2D eigenvalue weighted by atomic mass is 32.1. The van der Waals surface area contributed by atoms with Crippen molar-refractivity contribution in [3.8, 4) is 23.9 Å². The molecule has 0 radical (unpaired) electrons. The van der Waals surface area contributed by atoms with Crippen molar-refractivity contribution in [1.29, 1.82) is 15.8 Å². The van der Waals surface area contributed by atoms with Gasteiger partial charge in [-0.2, -0.15) is 15.8 Å². The third-order valence-electron chi connectivity index (χ3n) is 4.20. The van der Waals surface area contributed by atoms with Crippen LogP contribution in [0.15, 0.2) is 47.3 Å². The minimum absolute atomic E-state index is 0.109. The lowest BCUT2D eigenvalue weighted by Gasteiger charge is -2.07. The standard InChI is InChI=1S/C22H14N4OS/c1-14-3-4-15(2)19(9-14)26-21(27)20(28-22(26)18(12-24)13-25)10-16-5-7-17(11-23)8-6-16/h3-10H,1-2H3/b20-10+. The normalized spacial score (nSPS) is 10.8. The molecule has 0 amide bonds. The maximum Gasteiger partial charge on any atom is 0.273 e. The lowest BCUT2D eigenvalue weighted by molar-refractivity contribution is 0.972. The minimum atomic E-state index is -0.291. The van der Waals surface area contributed by atoms with Gasteiger partial charge in [0.05, 0.1) is 21.9 Å². The molecule has 3 aromatic rings. The second kappa shape index (κ2) is 7.76. The number of aromatic nitrogens is 1. The van der Waals surface area contributed by atoms with Crippen LogP contribution >= 0.6 is 11.3 Å². The Bertz CT molecular complexity index is 1360. The second-order valence-corrected chi connectivity index (χ2v) is 7.21. The zero-order chi connectivity index (χ0) is 20.3. The van der Waals surface area contributed by atoms with Gasteiger partial charge in [-0.3, -0.25) is 9.36 Å². The fourth-order valence-electron chi connectivity index (χ4n) is 2.75. The van der Waals surface area contributed by atoms with Crippen LogP contribution < -0.4 is 14.8 Å². The molecule has 0 aliphatic carbocycles. The highest BCUT2D eigenvalue weighted by molar-refractivity contribution is 7.07. The van der Waals surface area contributed by atoms with E-state index in [4.69, 9.17) is 5.26 Å². The van der Waals surface area contributed by atoms with Crippen LogP contribution in [-0.2, 0) is 0 Å². The zero-order valence-corrected chi connectivity index (χ0v) is 16.0. The van der Waals surface area contributed by atoms with Crippen LogP contribution in [0.4, 0.5) is 0 Å². The highest BCUT2D eigenvalue weighted by Crippen LogP contribution is 2.13. The zero-order valence-electron chi connectivity index (χ0n) is 15.2. The molecule has 0 N–H and O–H groups in total. The van der Waals surface area contributed by atoms with Crippen LogP contribution in [0.5, 0.6) is 0 Å². The molecule has 0 saturated heterocycles. The first-order chi connectivity index (χ1) is 13.5. The quantitative estimate of drug-likeness (QED) is 0.680. The summed E-state index contributed by atoms with van der Waals surface area (Å²) in [7, 11) is 0. The van der Waals surface area contributed by atoms with E-state index in [1.54, 1.807) is 30.3 Å². The molecule has 2 aromatic carbocycles. The summed E-state index contributed by atoms with van der Waals surface area (Å²) in [6.45, 7) is 3.80. The summed E-state index contributed by atoms with van der Waals surface area (Å²) in [5.74, 6) is 0. The van der Waals surface area contributed by atoms with E-state index in [-0.39, 0.29) is 11.1 Å². The topological polar surface area (TPSA) is 93.4 Å². The summed E-state index contributed by atoms with van der Waals surface area (Å²) in [5, 5.41) is 27.6. The molecule has 6 heteroatoms. The van der Waals surface area contributed by atoms with E-state index in [1.165, 1.54) is 4.57 Å². The maximum absolute atomic E-state index is 13.2. The maximum atomic E-state index is 13.2. The molecule has 3 rings (SSSR count). The molecule has 1 heterocycles. The first-order valence-corrected chi connectivity index (χ1v) is 9.16. The Morgan fingerprint density at radius 1 is 1.04 bits per heavy atom. The predicted molar refractivity (Wildman–Crippen MR) is 108 cm³/mol. The van der Waals surface area contributed by atoms with Crippen molar-refractivity contribution in [2.24, 2.45) is 0 Å². The van der Waals surface area contributed by atoms with Gasteiger partial charge in [-0.25, -0.2) is 0 Å². The van der Waals surface area contributed by atoms with Crippen molar-refractivity contribution in [3.05, 3.63) is 84.3 Å². The fraction of sp³-hybridized carbons (Fsp3) is 0.0909. The van der Waals surface area contributed by atoms with Crippen LogP contribution in [0.2, 0.25) is 0 Å². The number of nitrogens with zero attached hydrogens (tertiary/aromatic N) is 4. The van der Waals surface area contributed by atoms with Crippen LogP contribution in [0, 0.1) is 47.8 Å². The summed E-state index contributed by atoms with van der Waals surface area (Å²) in [5.41, 5.74) is 3.38. The monoisotopic (exact) mass is 382 g/mol. The average molecular weight is 382 g/mol. The summed E-state index contributed by atoms with van der Waals surface area (Å²) < 4.78 is 2.15. The van der Waals surface area contributed by atoms with Gasteiger partial charge in [0.1, 0.15) is 16.8 Å². The summed E-state index contributed by atoms with van der Waals surface area (Å²) in [4.78, 5) is 13.2. The van der Waals surface area contributed by atoms with Crippen molar-refractivity contribution in [1.82, 2.24) is 4.57 Å². The molecule has 0 aliphatic heterocycles. The Morgan fingerprint density at radius 2 is 1.71 bits per heavy atom. The third-order valence-corrected chi connectivity index (χ3v) is 5.30. The number of benzene rings is 2. The summed E-state index contributed by atoms with van der Waals surface area (Å²) in [6, 6.07) is 18.4. The Kier molecular flexibility index (Phi) is 5.23. The van der Waals surface area contributed by atoms with E-state index < -0.39 is 0 Å². The number of nitriles is 3. The van der Waals surface area contributed by atoms with Gasteiger partial charge in [0.25, 0.3) is 5.56 Å². The van der Waals surface area contributed by atoms with Crippen LogP contribution in [0.1, 0.15) is 22.3 Å². The van der Waals surface area contributed by atoms with Crippen LogP contribution in [0.3, 0.4) is 0 Å². The average Bonchev–Trinajstić information content (AvgIpc) is 3.01. The second-order valence-electron chi connectivity index (χ2n) is 6.18. The van der Waals surface area contributed by atoms with Crippen molar-refractivity contribution in [2.75, 3.05) is 0 Å². The smallest absolute Gasteiger partial charge is 0.267 e. The number of hydrogen-bond donors (Lipinski definition) is 0. The van der Waals surface area contributed by atoms with Crippen LogP contribution in [-0.4, -0.2) is 4.57 Å². The van der Waals surface area contributed by atoms with E-state index in [0.29, 0.717) is 20.4 Å². The lowest BCUT2D eigenvalue weighted by Crippen LogP contribution is -2.31. The molecule has 0 spiro atoms. The first kappa shape index (κ1) is 18.9. The van der Waals surface area contributed by atoms with Crippen molar-refractivity contribution < 1.29 is 0 Å². The SMILES string of the molecule is Cc1ccc(C)c(-n2c(=C(C#N)C#N)s/c(=C/c3ccc(C#N)cc3)c2=O)c1. The van der Waals surface area contributed by atoms with Gasteiger partial charge in [-0.1, -0.05) is 24.3 Å². The van der Waals surface area contributed by atoms with E-state index in [1.807, 2.05) is 44.2 Å². The Labute approximate surface area is 165 Å². The number of aryl methyl sites for hydroxylation is 2. The number of thiazole rings is 1. The van der Waals surface area contributed by atoms with Crippen molar-refractivity contribution in [2.45, 2.75) is 13.8 Å². The van der Waals surface area contributed by atoms with Crippen molar-refractivity contribution in [3.63, 3.8) is 0 Å². The number of rotatable bonds is 2. The van der Waals surface area contributed by atoms with Gasteiger partial charge in [0, 0.05) is 0 Å². The predicted octanol–water partition coefficient (Wildman–Crippen LogP) is 2.41. The van der Waals surface area contributed by atoms with Crippen LogP contribution in [0.25, 0.3) is 17.3 Å². The van der Waals surface area contributed by atoms with Gasteiger partial charge >= 0.3 is 0 Å². The van der Waals surface area contributed by atoms with Gasteiger partial charge < -0.3 is 0 Å². The highest BCUT2D eigenvalue weighted by Gasteiger charge is 2.13. The fourth-order valence-corrected chi connectivity index (χ4v) is 3.80. The molecule has 0 bridgehead atoms. The first-order valence-electron chi connectivity index (χ1n) is 8.34. The minimum Gasteiger partial charge on any atom is -0.267 e. The van der Waals surface area contributed by atoms with E-state index in [0.717, 1.165) is 28.0 Å². The number of hydrogen-bond acceptors (Lipinski definition) is 5. The van der Waals surface area contributed by atoms with Gasteiger partial charge in [0.15, 0.2) is 5.57 Å². The Morgan fingerprint density at radius 3 is 2.32 bits per heavy atom. The Balaban J connectivity index is 2.39. The molecule has 0 unspecified atom stereocenters. The molecule has 0 fully saturated rings. The molecular weight excluding hydrogens is 368 g/mol. The third kappa shape index (κ3) is 3.48. The van der Waals surface area contributed by atoms with E-state index in [2.05, 4.69) is 6.07 Å². The van der Waals surface area contributed by atoms with E-state index >= 15 is 0 Å². The molecule has 1 aromatic heterocycles. The van der Waals surface area contributed by atoms with Gasteiger partial charge in [-0.15, -0.1) is 11.3 Å². The molecule has 134 valence electrons. The molecular formula is C22H14N4OS. The molecule has 0 saturated carbocycles.